The van der Waals surface area contributed by atoms with Crippen molar-refractivity contribution in [2.24, 2.45) is 11.8 Å². The molecule has 1 heterocycles. The van der Waals surface area contributed by atoms with Crippen molar-refractivity contribution in [1.82, 2.24) is 0 Å². The van der Waals surface area contributed by atoms with Crippen molar-refractivity contribution in [3.8, 4) is 0 Å². The predicted octanol–water partition coefficient (Wildman–Crippen LogP) is 1.11. The second-order valence-corrected chi connectivity index (χ2v) is 8.86. The van der Waals surface area contributed by atoms with Gasteiger partial charge in [-0.25, -0.2) is 4.79 Å². The Morgan fingerprint density at radius 3 is 2.39 bits per heavy atom. The Labute approximate surface area is 164 Å². The smallest absolute Gasteiger partial charge is 0.333 e. The van der Waals surface area contributed by atoms with Crippen LogP contribution in [0.4, 0.5) is 0 Å². The zero-order valence-corrected chi connectivity index (χ0v) is 15.7. The lowest BCUT2D eigenvalue weighted by molar-refractivity contribution is -0.159. The average Bonchev–Trinajstić information content (AvgIpc) is 3.21. The number of hydrogen-bond acceptors (Lipinski definition) is 9. The molecule has 5 atom stereocenters. The summed E-state index contributed by atoms with van der Waals surface area (Å²) in [6.07, 6.45) is -0.405. The highest BCUT2D eigenvalue weighted by Crippen LogP contribution is 2.55. The van der Waals surface area contributed by atoms with E-state index in [-0.39, 0.29) is 50.9 Å². The average molecular weight is 418 g/mol. The van der Waals surface area contributed by atoms with Crippen molar-refractivity contribution in [3.05, 3.63) is 12.2 Å². The Bertz CT molecular complexity index is 757. The van der Waals surface area contributed by atoms with Crippen molar-refractivity contribution in [3.63, 3.8) is 0 Å². The van der Waals surface area contributed by atoms with Gasteiger partial charge in [0.2, 0.25) is 0 Å². The molecule has 1 aliphatic heterocycles. The van der Waals surface area contributed by atoms with Gasteiger partial charge < -0.3 is 14.2 Å². The number of rotatable bonds is 8. The number of fused-ring (bicyclic) bond motifs is 1. The van der Waals surface area contributed by atoms with Crippen LogP contribution in [-0.2, 0) is 42.9 Å². The van der Waals surface area contributed by atoms with Gasteiger partial charge in [0, 0.05) is 17.4 Å². The fourth-order valence-electron chi connectivity index (χ4n) is 3.94. The Balaban J connectivity index is 0.00000280. The molecular weight excluding hydrogens is 392 g/mol. The molecule has 0 N–H and O–H groups in total. The Morgan fingerprint density at radius 1 is 1.07 bits per heavy atom. The van der Waals surface area contributed by atoms with E-state index in [4.69, 9.17) is 18.4 Å². The van der Waals surface area contributed by atoms with E-state index in [0.717, 1.165) is 0 Å². The first-order chi connectivity index (χ1) is 12.7. The summed E-state index contributed by atoms with van der Waals surface area (Å²) in [7, 11) is -3.56. The normalized spacial score (nSPS) is 31.0. The Kier molecular flexibility index (Phi) is 6.87. The minimum Gasteiger partial charge on any atom is -0.462 e. The monoisotopic (exact) mass is 418 g/mol. The van der Waals surface area contributed by atoms with Crippen molar-refractivity contribution < 1.29 is 41.2 Å². The lowest BCUT2D eigenvalue weighted by atomic mass is 9.94. The van der Waals surface area contributed by atoms with Crippen LogP contribution in [0.3, 0.4) is 0 Å². The first-order valence-electron chi connectivity index (χ1n) is 8.79. The first-order valence-corrected chi connectivity index (χ1v) is 10.3. The topological polar surface area (TPSA) is 122 Å². The van der Waals surface area contributed by atoms with Crippen LogP contribution in [0.25, 0.3) is 0 Å². The molecular formula is C18H26O9S. The minimum atomic E-state index is -3.56. The lowest BCUT2D eigenvalue weighted by Gasteiger charge is -2.24. The molecule has 3 fully saturated rings. The number of esters is 3. The van der Waals surface area contributed by atoms with Crippen molar-refractivity contribution in [2.75, 3.05) is 13.2 Å². The summed E-state index contributed by atoms with van der Waals surface area (Å²) in [4.78, 5) is 34.8. The summed E-state index contributed by atoms with van der Waals surface area (Å²) in [5.41, 5.74) is 0.245. The minimum absolute atomic E-state index is 0. The fraction of sp³-hybridized carbons (Fsp3) is 0.722. The molecule has 0 aromatic carbocycles. The van der Waals surface area contributed by atoms with Crippen LogP contribution in [0, 0.1) is 11.8 Å². The third kappa shape index (κ3) is 4.54. The van der Waals surface area contributed by atoms with Crippen LogP contribution in [-0.4, -0.2) is 57.0 Å². The largest absolute Gasteiger partial charge is 0.462 e. The molecule has 3 rings (SSSR count). The molecule has 2 saturated carbocycles. The van der Waals surface area contributed by atoms with E-state index in [1.54, 1.807) is 0 Å². The molecule has 1 saturated heterocycles. The van der Waals surface area contributed by atoms with Crippen LogP contribution in [0.5, 0.6) is 0 Å². The Morgan fingerprint density at radius 2 is 1.71 bits per heavy atom. The van der Waals surface area contributed by atoms with Gasteiger partial charge in [-0.3, -0.25) is 13.8 Å². The van der Waals surface area contributed by atoms with E-state index in [1.807, 2.05) is 0 Å². The summed E-state index contributed by atoms with van der Waals surface area (Å²) in [6.45, 7) is 4.71. The fourth-order valence-corrected chi connectivity index (χ4v) is 5.83. The molecule has 0 radical (unpaired) electrons. The standard InChI is InChI=1S/C17H22O9S.CH4/c1-9(2)17(20)24-6-5-23-13(18)3-4-14(19)25-15-10-7-11-12(8-10)27(21,22)26-16(11)15;/h10-12,15-16H,1,3-8H2,2H3;1H4. The number of ether oxygens (including phenoxy) is 3. The molecule has 0 spiro atoms. The first kappa shape index (κ1) is 22.4. The van der Waals surface area contributed by atoms with Crippen molar-refractivity contribution >= 4 is 28.0 Å². The maximum absolute atomic E-state index is 12.0. The van der Waals surface area contributed by atoms with Crippen LogP contribution in [0.15, 0.2) is 12.2 Å². The molecule has 0 aromatic heterocycles. The zero-order chi connectivity index (χ0) is 19.8. The molecule has 2 aliphatic carbocycles. The van der Waals surface area contributed by atoms with E-state index in [1.165, 1.54) is 6.92 Å². The van der Waals surface area contributed by atoms with E-state index < -0.39 is 45.5 Å². The second kappa shape index (κ2) is 8.60. The van der Waals surface area contributed by atoms with Crippen molar-refractivity contribution in [1.29, 1.82) is 0 Å². The molecule has 3 aliphatic rings. The number of carbonyl (C=O) groups is 3. The quantitative estimate of drug-likeness (QED) is 0.187. The van der Waals surface area contributed by atoms with Crippen molar-refractivity contribution in [2.45, 2.75) is 57.5 Å². The Hall–Kier alpha value is -1.94. The number of hydrogen-bond donors (Lipinski definition) is 0. The SMILES string of the molecule is C.C=C(C)C(=O)OCCOC(=O)CCC(=O)OC1C2CC3C1OS(=O)(=O)C3C2. The van der Waals surface area contributed by atoms with Crippen LogP contribution < -0.4 is 0 Å². The van der Waals surface area contributed by atoms with Gasteiger partial charge in [0.05, 0.1) is 18.1 Å². The van der Waals surface area contributed by atoms with Crippen LogP contribution in [0.1, 0.15) is 40.0 Å². The molecule has 9 nitrogen and oxygen atoms in total. The highest BCUT2D eigenvalue weighted by atomic mass is 32.2. The summed E-state index contributed by atoms with van der Waals surface area (Å²) in [5.74, 6) is -1.90. The molecule has 158 valence electrons. The van der Waals surface area contributed by atoms with E-state index in [9.17, 15) is 22.8 Å². The van der Waals surface area contributed by atoms with Gasteiger partial charge in [-0.05, 0) is 19.8 Å². The maximum atomic E-state index is 12.0. The molecule has 2 bridgehead atoms. The summed E-state index contributed by atoms with van der Waals surface area (Å²) >= 11 is 0. The maximum Gasteiger partial charge on any atom is 0.333 e. The van der Waals surface area contributed by atoms with Gasteiger partial charge in [-0.15, -0.1) is 0 Å². The molecule has 10 heteroatoms. The van der Waals surface area contributed by atoms with Gasteiger partial charge in [-0.2, -0.15) is 8.42 Å². The van der Waals surface area contributed by atoms with E-state index in [2.05, 4.69) is 6.58 Å². The highest BCUT2D eigenvalue weighted by Gasteiger charge is 2.65. The van der Waals surface area contributed by atoms with E-state index in [0.29, 0.717) is 12.8 Å². The zero-order valence-electron chi connectivity index (χ0n) is 14.9. The summed E-state index contributed by atoms with van der Waals surface area (Å²) < 4.78 is 43.9. The van der Waals surface area contributed by atoms with Gasteiger partial charge in [-0.1, -0.05) is 14.0 Å². The summed E-state index contributed by atoms with van der Waals surface area (Å²) in [6, 6.07) is 0. The van der Waals surface area contributed by atoms with Crippen LogP contribution in [0.2, 0.25) is 0 Å². The summed E-state index contributed by atoms with van der Waals surface area (Å²) in [5, 5.41) is -0.476. The van der Waals surface area contributed by atoms with Gasteiger partial charge in [0.1, 0.15) is 25.4 Å². The third-order valence-electron chi connectivity index (χ3n) is 5.14. The lowest BCUT2D eigenvalue weighted by Crippen LogP contribution is -2.37. The molecule has 0 aromatic rings. The molecule has 0 amide bonds. The molecule has 5 unspecified atom stereocenters. The highest BCUT2D eigenvalue weighted by molar-refractivity contribution is 7.87. The van der Waals surface area contributed by atoms with Gasteiger partial charge in [0.25, 0.3) is 10.1 Å². The van der Waals surface area contributed by atoms with E-state index >= 15 is 0 Å². The number of carbonyl (C=O) groups excluding carboxylic acids is 3. The van der Waals surface area contributed by atoms with Crippen LogP contribution >= 0.6 is 0 Å². The predicted molar refractivity (Wildman–Crippen MR) is 96.4 cm³/mol. The van der Waals surface area contributed by atoms with Gasteiger partial charge in [0.15, 0.2) is 0 Å². The third-order valence-corrected chi connectivity index (χ3v) is 6.92. The second-order valence-electron chi connectivity index (χ2n) is 7.08. The molecule has 28 heavy (non-hydrogen) atoms. The van der Waals surface area contributed by atoms with Gasteiger partial charge >= 0.3 is 17.9 Å².